The van der Waals surface area contributed by atoms with Crippen molar-refractivity contribution in [2.24, 2.45) is 5.92 Å². The summed E-state index contributed by atoms with van der Waals surface area (Å²) in [6.07, 6.45) is 7.41. The van der Waals surface area contributed by atoms with Crippen LogP contribution in [0.15, 0.2) is 0 Å². The summed E-state index contributed by atoms with van der Waals surface area (Å²) in [5.74, 6) is 0.459. The summed E-state index contributed by atoms with van der Waals surface area (Å²) in [4.78, 5) is 0. The molecule has 5 nitrogen and oxygen atoms in total. The molecule has 3 unspecified atom stereocenters. The molecule has 1 aliphatic carbocycles. The van der Waals surface area contributed by atoms with Gasteiger partial charge in [0.15, 0.2) is 0 Å². The minimum absolute atomic E-state index is 0.111. The van der Waals surface area contributed by atoms with Gasteiger partial charge in [0.25, 0.3) is 10.2 Å². The van der Waals surface area contributed by atoms with Gasteiger partial charge >= 0.3 is 0 Å². The molecule has 2 rings (SSSR count). The van der Waals surface area contributed by atoms with Crippen molar-refractivity contribution < 1.29 is 8.42 Å². The van der Waals surface area contributed by atoms with Crippen LogP contribution in [-0.2, 0) is 10.2 Å². The molecule has 0 spiro atoms. The second-order valence-corrected chi connectivity index (χ2v) is 8.26. The number of hydrogen-bond donors (Lipinski definition) is 2. The van der Waals surface area contributed by atoms with Gasteiger partial charge in [-0.1, -0.05) is 26.7 Å². The largest absolute Gasteiger partial charge is 0.315 e. The number of nitrogens with one attached hydrogen (secondary N) is 2. The Kier molecular flexibility index (Phi) is 6.47. The maximum atomic E-state index is 12.7. The Morgan fingerprint density at radius 1 is 1.14 bits per heavy atom. The topological polar surface area (TPSA) is 61.4 Å². The molecular weight excluding hydrogens is 286 g/mol. The van der Waals surface area contributed by atoms with E-state index in [1.807, 2.05) is 0 Å². The zero-order valence-electron chi connectivity index (χ0n) is 13.5. The molecule has 21 heavy (non-hydrogen) atoms. The third kappa shape index (κ3) is 4.65. The van der Waals surface area contributed by atoms with E-state index in [-0.39, 0.29) is 12.1 Å². The van der Waals surface area contributed by atoms with E-state index < -0.39 is 10.2 Å². The second-order valence-electron chi connectivity index (χ2n) is 6.60. The monoisotopic (exact) mass is 317 g/mol. The van der Waals surface area contributed by atoms with Crippen molar-refractivity contribution in [2.45, 2.75) is 70.9 Å². The van der Waals surface area contributed by atoms with Crippen molar-refractivity contribution in [3.8, 4) is 0 Å². The van der Waals surface area contributed by atoms with Gasteiger partial charge in [0, 0.05) is 25.2 Å². The lowest BCUT2D eigenvalue weighted by Crippen LogP contribution is -2.54. The standard InChI is InChI=1S/C15H31N3O2S/c1-3-10-16-12-14-8-4-5-11-18(14)21(19,20)17-15-9-6-7-13(15)2/h13-17H,3-12H2,1-2H3. The molecule has 0 aromatic rings. The minimum atomic E-state index is -3.34. The molecule has 0 radical (unpaired) electrons. The molecule has 0 aromatic carbocycles. The molecule has 1 heterocycles. The Morgan fingerprint density at radius 2 is 1.95 bits per heavy atom. The number of piperidine rings is 1. The fourth-order valence-electron chi connectivity index (χ4n) is 3.52. The summed E-state index contributed by atoms with van der Waals surface area (Å²) < 4.78 is 30.1. The molecular formula is C15H31N3O2S. The highest BCUT2D eigenvalue weighted by atomic mass is 32.2. The van der Waals surface area contributed by atoms with E-state index in [1.54, 1.807) is 4.31 Å². The van der Waals surface area contributed by atoms with Gasteiger partial charge in [-0.05, 0) is 44.6 Å². The van der Waals surface area contributed by atoms with Crippen LogP contribution in [0.2, 0.25) is 0 Å². The van der Waals surface area contributed by atoms with Crippen LogP contribution in [0.1, 0.15) is 58.8 Å². The molecule has 3 atom stereocenters. The molecule has 1 aliphatic heterocycles. The van der Waals surface area contributed by atoms with Crippen LogP contribution in [0.25, 0.3) is 0 Å². The van der Waals surface area contributed by atoms with E-state index in [1.165, 1.54) is 0 Å². The van der Waals surface area contributed by atoms with Crippen molar-refractivity contribution in [1.29, 1.82) is 0 Å². The summed E-state index contributed by atoms with van der Waals surface area (Å²) in [7, 11) is -3.34. The van der Waals surface area contributed by atoms with Gasteiger partial charge in [-0.15, -0.1) is 0 Å². The van der Waals surface area contributed by atoms with Crippen LogP contribution in [0, 0.1) is 5.92 Å². The smallest absolute Gasteiger partial charge is 0.280 e. The van der Waals surface area contributed by atoms with Crippen molar-refractivity contribution in [2.75, 3.05) is 19.6 Å². The highest BCUT2D eigenvalue weighted by molar-refractivity contribution is 7.87. The zero-order valence-corrected chi connectivity index (χ0v) is 14.3. The third-order valence-electron chi connectivity index (χ3n) is 4.85. The van der Waals surface area contributed by atoms with E-state index in [4.69, 9.17) is 0 Å². The lowest BCUT2D eigenvalue weighted by atomic mass is 10.1. The number of nitrogens with zero attached hydrogens (tertiary/aromatic N) is 1. The fourth-order valence-corrected chi connectivity index (χ4v) is 5.33. The van der Waals surface area contributed by atoms with Gasteiger partial charge in [-0.3, -0.25) is 0 Å². The maximum absolute atomic E-state index is 12.7. The first-order valence-corrected chi connectivity index (χ1v) is 9.98. The van der Waals surface area contributed by atoms with Gasteiger partial charge in [-0.2, -0.15) is 17.4 Å². The summed E-state index contributed by atoms with van der Waals surface area (Å²) in [5, 5.41) is 3.38. The maximum Gasteiger partial charge on any atom is 0.280 e. The van der Waals surface area contributed by atoms with Crippen LogP contribution >= 0.6 is 0 Å². The van der Waals surface area contributed by atoms with E-state index in [9.17, 15) is 8.42 Å². The van der Waals surface area contributed by atoms with Gasteiger partial charge in [-0.25, -0.2) is 0 Å². The number of hydrogen-bond acceptors (Lipinski definition) is 3. The Bertz CT molecular complexity index is 413. The lowest BCUT2D eigenvalue weighted by Gasteiger charge is -2.36. The predicted octanol–water partition coefficient (Wildman–Crippen LogP) is 1.86. The van der Waals surface area contributed by atoms with E-state index in [0.717, 1.165) is 58.0 Å². The Hall–Kier alpha value is -0.170. The molecule has 1 saturated heterocycles. The van der Waals surface area contributed by atoms with Crippen molar-refractivity contribution in [3.63, 3.8) is 0 Å². The van der Waals surface area contributed by atoms with Gasteiger partial charge in [0.2, 0.25) is 0 Å². The third-order valence-corrected chi connectivity index (χ3v) is 6.55. The molecule has 6 heteroatoms. The Labute approximate surface area is 130 Å². The molecule has 124 valence electrons. The molecule has 0 bridgehead atoms. The van der Waals surface area contributed by atoms with Crippen molar-refractivity contribution >= 4 is 10.2 Å². The highest BCUT2D eigenvalue weighted by Gasteiger charge is 2.35. The van der Waals surface area contributed by atoms with Gasteiger partial charge in [0.05, 0.1) is 0 Å². The molecule has 2 N–H and O–H groups in total. The summed E-state index contributed by atoms with van der Waals surface area (Å²) in [6, 6.07) is 0.237. The average molecular weight is 317 g/mol. The summed E-state index contributed by atoms with van der Waals surface area (Å²) in [6.45, 7) is 6.67. The minimum Gasteiger partial charge on any atom is -0.315 e. The van der Waals surface area contributed by atoms with E-state index >= 15 is 0 Å². The SMILES string of the molecule is CCCNCC1CCCCN1S(=O)(=O)NC1CCCC1C. The molecule has 0 aromatic heterocycles. The van der Waals surface area contributed by atoms with E-state index in [2.05, 4.69) is 23.9 Å². The Morgan fingerprint density at radius 3 is 2.62 bits per heavy atom. The van der Waals surface area contributed by atoms with Crippen molar-refractivity contribution in [1.82, 2.24) is 14.3 Å². The van der Waals surface area contributed by atoms with Crippen LogP contribution in [0.5, 0.6) is 0 Å². The first kappa shape index (κ1) is 17.2. The quantitative estimate of drug-likeness (QED) is 0.705. The van der Waals surface area contributed by atoms with Crippen molar-refractivity contribution in [3.05, 3.63) is 0 Å². The van der Waals surface area contributed by atoms with Gasteiger partial charge in [0.1, 0.15) is 0 Å². The second kappa shape index (κ2) is 7.90. The number of rotatable bonds is 7. The first-order valence-electron chi connectivity index (χ1n) is 8.54. The van der Waals surface area contributed by atoms with Gasteiger partial charge < -0.3 is 5.32 Å². The van der Waals surface area contributed by atoms with Crippen LogP contribution in [-0.4, -0.2) is 44.4 Å². The zero-order chi connectivity index (χ0) is 15.3. The summed E-state index contributed by atoms with van der Waals surface area (Å²) in [5.41, 5.74) is 0. The predicted molar refractivity (Wildman–Crippen MR) is 86.4 cm³/mol. The Balaban J connectivity index is 1.97. The average Bonchev–Trinajstić information content (AvgIpc) is 2.84. The fraction of sp³-hybridized carbons (Fsp3) is 1.00. The van der Waals surface area contributed by atoms with Crippen LogP contribution in [0.3, 0.4) is 0 Å². The van der Waals surface area contributed by atoms with Crippen LogP contribution in [0.4, 0.5) is 0 Å². The van der Waals surface area contributed by atoms with E-state index in [0.29, 0.717) is 12.5 Å². The lowest BCUT2D eigenvalue weighted by molar-refractivity contribution is 0.240. The molecule has 0 amide bonds. The summed E-state index contributed by atoms with van der Waals surface area (Å²) >= 11 is 0. The molecule has 1 saturated carbocycles. The highest BCUT2D eigenvalue weighted by Crippen LogP contribution is 2.27. The normalized spacial score (nSPS) is 31.6. The first-order chi connectivity index (χ1) is 10.0. The molecule has 2 aliphatic rings. The van der Waals surface area contributed by atoms with Crippen LogP contribution < -0.4 is 10.0 Å². The molecule has 2 fully saturated rings.